The standard InChI is InChI=1S/C25H19FN2O4/c1-31-24(29)21-22(17-10-8-9-16(15-17)19-13-6-7-14-20(19)26)27-28(23(21)25(30)32-2)18-11-4-3-5-12-18/h3-15H,1-2H3. The summed E-state index contributed by atoms with van der Waals surface area (Å²) < 4.78 is 25.6. The number of para-hydroxylation sites is 1. The number of hydrogen-bond acceptors (Lipinski definition) is 5. The van der Waals surface area contributed by atoms with Crippen molar-refractivity contribution in [1.82, 2.24) is 9.78 Å². The lowest BCUT2D eigenvalue weighted by molar-refractivity contribution is 0.0549. The molecule has 0 fully saturated rings. The molecule has 0 atom stereocenters. The molecule has 0 saturated heterocycles. The van der Waals surface area contributed by atoms with Gasteiger partial charge in [0.25, 0.3) is 0 Å². The predicted molar refractivity (Wildman–Crippen MR) is 117 cm³/mol. The van der Waals surface area contributed by atoms with E-state index in [2.05, 4.69) is 5.10 Å². The lowest BCUT2D eigenvalue weighted by atomic mass is 9.99. The third kappa shape index (κ3) is 3.76. The minimum absolute atomic E-state index is 0.0334. The van der Waals surface area contributed by atoms with E-state index in [0.717, 1.165) is 0 Å². The van der Waals surface area contributed by atoms with Crippen molar-refractivity contribution < 1.29 is 23.5 Å². The van der Waals surface area contributed by atoms with Crippen molar-refractivity contribution in [2.75, 3.05) is 14.2 Å². The average Bonchev–Trinajstić information content (AvgIpc) is 3.25. The predicted octanol–water partition coefficient (Wildman–Crippen LogP) is 4.92. The molecule has 4 rings (SSSR count). The highest BCUT2D eigenvalue weighted by Crippen LogP contribution is 2.32. The maximum Gasteiger partial charge on any atom is 0.357 e. The Morgan fingerprint density at radius 2 is 1.47 bits per heavy atom. The Bertz CT molecular complexity index is 1300. The molecule has 4 aromatic rings. The molecule has 0 radical (unpaired) electrons. The van der Waals surface area contributed by atoms with Gasteiger partial charge in [-0.05, 0) is 29.8 Å². The Labute approximate surface area is 183 Å². The van der Waals surface area contributed by atoms with Crippen molar-refractivity contribution in [3.63, 3.8) is 0 Å². The smallest absolute Gasteiger partial charge is 0.357 e. The second-order valence-electron chi connectivity index (χ2n) is 6.86. The lowest BCUT2D eigenvalue weighted by Crippen LogP contribution is -2.15. The number of carbonyl (C=O) groups is 2. The fraction of sp³-hybridized carbons (Fsp3) is 0.0800. The summed E-state index contributed by atoms with van der Waals surface area (Å²) in [6.45, 7) is 0. The number of benzene rings is 3. The fourth-order valence-electron chi connectivity index (χ4n) is 3.49. The fourth-order valence-corrected chi connectivity index (χ4v) is 3.49. The van der Waals surface area contributed by atoms with Crippen LogP contribution in [0.15, 0.2) is 78.9 Å². The van der Waals surface area contributed by atoms with Gasteiger partial charge >= 0.3 is 11.9 Å². The second kappa shape index (κ2) is 8.85. The summed E-state index contributed by atoms with van der Waals surface area (Å²) >= 11 is 0. The summed E-state index contributed by atoms with van der Waals surface area (Å²) in [5.41, 5.74) is 2.22. The number of methoxy groups -OCH3 is 2. The van der Waals surface area contributed by atoms with E-state index in [9.17, 15) is 14.0 Å². The minimum atomic E-state index is -0.738. The molecular weight excluding hydrogens is 411 g/mol. The van der Waals surface area contributed by atoms with Crippen LogP contribution in [-0.2, 0) is 9.47 Å². The highest BCUT2D eigenvalue weighted by molar-refractivity contribution is 6.07. The molecule has 7 heteroatoms. The second-order valence-corrected chi connectivity index (χ2v) is 6.86. The van der Waals surface area contributed by atoms with Crippen LogP contribution in [0.5, 0.6) is 0 Å². The average molecular weight is 430 g/mol. The number of halogens is 1. The minimum Gasteiger partial charge on any atom is -0.465 e. The van der Waals surface area contributed by atoms with E-state index in [-0.39, 0.29) is 22.8 Å². The number of rotatable bonds is 5. The summed E-state index contributed by atoms with van der Waals surface area (Å²) in [7, 11) is 2.45. The maximum absolute atomic E-state index is 14.4. The first kappa shape index (κ1) is 21.0. The van der Waals surface area contributed by atoms with Crippen LogP contribution in [0.3, 0.4) is 0 Å². The molecule has 3 aromatic carbocycles. The third-order valence-corrected chi connectivity index (χ3v) is 4.98. The lowest BCUT2D eigenvalue weighted by Gasteiger charge is -2.07. The summed E-state index contributed by atoms with van der Waals surface area (Å²) in [5, 5.41) is 4.57. The van der Waals surface area contributed by atoms with Crippen LogP contribution >= 0.6 is 0 Å². The molecule has 0 aliphatic carbocycles. The van der Waals surface area contributed by atoms with Crippen molar-refractivity contribution in [2.45, 2.75) is 0 Å². The highest BCUT2D eigenvalue weighted by Gasteiger charge is 2.31. The summed E-state index contributed by atoms with van der Waals surface area (Å²) in [4.78, 5) is 25.4. The topological polar surface area (TPSA) is 70.4 Å². The van der Waals surface area contributed by atoms with E-state index in [4.69, 9.17) is 9.47 Å². The van der Waals surface area contributed by atoms with Gasteiger partial charge in [-0.25, -0.2) is 18.7 Å². The molecule has 0 N–H and O–H groups in total. The molecule has 0 saturated carbocycles. The monoisotopic (exact) mass is 430 g/mol. The van der Waals surface area contributed by atoms with Crippen LogP contribution in [0.2, 0.25) is 0 Å². The number of nitrogens with zero attached hydrogens (tertiary/aromatic N) is 2. The van der Waals surface area contributed by atoms with Gasteiger partial charge in [0.1, 0.15) is 17.1 Å². The van der Waals surface area contributed by atoms with Crippen molar-refractivity contribution in [1.29, 1.82) is 0 Å². The molecule has 0 aliphatic heterocycles. The Morgan fingerprint density at radius 1 is 0.812 bits per heavy atom. The molecule has 1 aromatic heterocycles. The zero-order chi connectivity index (χ0) is 22.7. The summed E-state index contributed by atoms with van der Waals surface area (Å²) in [5.74, 6) is -1.85. The molecule has 0 amide bonds. The van der Waals surface area contributed by atoms with Crippen LogP contribution in [0.25, 0.3) is 28.1 Å². The molecule has 1 heterocycles. The van der Waals surface area contributed by atoms with Gasteiger partial charge in [0.2, 0.25) is 0 Å². The normalized spacial score (nSPS) is 10.6. The molecule has 0 unspecified atom stereocenters. The van der Waals surface area contributed by atoms with Crippen LogP contribution in [-0.4, -0.2) is 35.9 Å². The Kier molecular flexibility index (Phi) is 5.81. The first-order valence-corrected chi connectivity index (χ1v) is 9.75. The summed E-state index contributed by atoms with van der Waals surface area (Å²) in [6, 6.07) is 22.2. The Balaban J connectivity index is 1.98. The largest absolute Gasteiger partial charge is 0.465 e. The van der Waals surface area contributed by atoms with Crippen LogP contribution < -0.4 is 0 Å². The number of aromatic nitrogens is 2. The van der Waals surface area contributed by atoms with Gasteiger partial charge < -0.3 is 9.47 Å². The molecule has 6 nitrogen and oxygen atoms in total. The molecule has 0 aliphatic rings. The summed E-state index contributed by atoms with van der Waals surface area (Å²) in [6.07, 6.45) is 0. The van der Waals surface area contributed by atoms with Crippen LogP contribution in [0.4, 0.5) is 4.39 Å². The van der Waals surface area contributed by atoms with Crippen LogP contribution in [0.1, 0.15) is 20.8 Å². The van der Waals surface area contributed by atoms with E-state index in [1.165, 1.54) is 25.0 Å². The van der Waals surface area contributed by atoms with Gasteiger partial charge in [-0.1, -0.05) is 54.6 Å². The van der Waals surface area contributed by atoms with Crippen molar-refractivity contribution in [3.8, 4) is 28.1 Å². The van der Waals surface area contributed by atoms with E-state index in [0.29, 0.717) is 22.4 Å². The Morgan fingerprint density at radius 3 is 2.16 bits per heavy atom. The molecule has 0 bridgehead atoms. The number of esters is 2. The number of carbonyl (C=O) groups excluding carboxylic acids is 2. The van der Waals surface area contributed by atoms with Gasteiger partial charge in [0, 0.05) is 11.1 Å². The van der Waals surface area contributed by atoms with Gasteiger partial charge in [-0.15, -0.1) is 0 Å². The molecule has 32 heavy (non-hydrogen) atoms. The Hall–Kier alpha value is -4.26. The van der Waals surface area contributed by atoms with Gasteiger partial charge in [-0.3, -0.25) is 0 Å². The maximum atomic E-state index is 14.4. The molecule has 160 valence electrons. The van der Waals surface area contributed by atoms with E-state index in [1.807, 2.05) is 6.07 Å². The number of hydrogen-bond donors (Lipinski definition) is 0. The van der Waals surface area contributed by atoms with Crippen LogP contribution in [0, 0.1) is 5.82 Å². The first-order valence-electron chi connectivity index (χ1n) is 9.75. The van der Waals surface area contributed by atoms with Crippen molar-refractivity contribution in [2.24, 2.45) is 0 Å². The third-order valence-electron chi connectivity index (χ3n) is 4.98. The first-order chi connectivity index (χ1) is 15.5. The SMILES string of the molecule is COC(=O)c1c(-c2cccc(-c3ccccc3F)c2)nn(-c2ccccc2)c1C(=O)OC. The van der Waals surface area contributed by atoms with Gasteiger partial charge in [-0.2, -0.15) is 5.10 Å². The quantitative estimate of drug-likeness (QED) is 0.421. The van der Waals surface area contributed by atoms with Crippen molar-refractivity contribution >= 4 is 11.9 Å². The molecular formula is C25H19FN2O4. The van der Waals surface area contributed by atoms with Gasteiger partial charge in [0.05, 0.1) is 19.9 Å². The van der Waals surface area contributed by atoms with Crippen molar-refractivity contribution in [3.05, 3.63) is 95.9 Å². The highest BCUT2D eigenvalue weighted by atomic mass is 19.1. The molecule has 0 spiro atoms. The van der Waals surface area contributed by atoms with E-state index in [1.54, 1.807) is 66.7 Å². The number of ether oxygens (including phenoxy) is 2. The van der Waals surface area contributed by atoms with E-state index < -0.39 is 11.9 Å². The zero-order valence-corrected chi connectivity index (χ0v) is 17.4. The van der Waals surface area contributed by atoms with Gasteiger partial charge in [0.15, 0.2) is 5.69 Å². The van der Waals surface area contributed by atoms with E-state index >= 15 is 0 Å². The zero-order valence-electron chi connectivity index (χ0n) is 17.4.